The number of rotatable bonds is 6. The molecule has 0 spiro atoms. The third-order valence-electron chi connectivity index (χ3n) is 1.10. The van der Waals surface area contributed by atoms with Crippen LogP contribution in [-0.2, 0) is 18.5 Å². The highest BCUT2D eigenvalue weighted by atomic mass is 31.2. The average Bonchev–Trinajstić information content (AvgIpc) is 2.11. The van der Waals surface area contributed by atoms with Crippen LogP contribution in [0.15, 0.2) is 12.2 Å². The molecule has 2 N–H and O–H groups in total. The van der Waals surface area contributed by atoms with E-state index in [2.05, 4.69) is 15.7 Å². The Bertz CT molecular complexity index is 265. The van der Waals surface area contributed by atoms with Crippen LogP contribution >= 0.6 is 7.82 Å². The Morgan fingerprint density at radius 3 is 2.64 bits per heavy atom. The van der Waals surface area contributed by atoms with Crippen LogP contribution in [0.3, 0.4) is 0 Å². The summed E-state index contributed by atoms with van der Waals surface area (Å²) >= 11 is 0. The second-order valence-electron chi connectivity index (χ2n) is 2.60. The van der Waals surface area contributed by atoms with Gasteiger partial charge in [0.2, 0.25) is 0 Å². The van der Waals surface area contributed by atoms with E-state index >= 15 is 0 Å². The summed E-state index contributed by atoms with van der Waals surface area (Å²) in [6.07, 6.45) is 0.572. The molecule has 0 aliphatic heterocycles. The van der Waals surface area contributed by atoms with E-state index in [0.717, 1.165) is 0 Å². The Kier molecular flexibility index (Phi) is 5.64. The van der Waals surface area contributed by atoms with Gasteiger partial charge in [-0.1, -0.05) is 13.5 Å². The number of carbonyl (C=O) groups is 1. The molecule has 6 nitrogen and oxygen atoms in total. The van der Waals surface area contributed by atoms with Crippen LogP contribution in [0, 0.1) is 0 Å². The van der Waals surface area contributed by atoms with Crippen LogP contribution in [0.5, 0.6) is 0 Å². The second kappa shape index (κ2) is 5.93. The smallest absolute Gasteiger partial charge is 0.301 e. The van der Waals surface area contributed by atoms with Gasteiger partial charge in [-0.2, -0.15) is 4.62 Å². The fraction of sp³-hybridized carbons (Fsp3) is 0.571. The van der Waals surface area contributed by atoms with Gasteiger partial charge in [-0.05, 0) is 13.3 Å². The van der Waals surface area contributed by atoms with Crippen molar-refractivity contribution in [2.24, 2.45) is 0 Å². The molecule has 1 unspecified atom stereocenters. The lowest BCUT2D eigenvalue weighted by atomic mass is 10.3. The standard InChI is InChI=1S/C7H14NO5P/c1-4-5-12-14(10,11)13-8-7(9)6(2)3/h2,4-5H2,1,3H3,(H,8,9)(H,10,11). The molecule has 14 heavy (non-hydrogen) atoms. The molecule has 0 bridgehead atoms. The van der Waals surface area contributed by atoms with Gasteiger partial charge in [0.05, 0.1) is 6.61 Å². The van der Waals surface area contributed by atoms with Gasteiger partial charge in [0.15, 0.2) is 0 Å². The van der Waals surface area contributed by atoms with Crippen molar-refractivity contribution < 1.29 is 23.4 Å². The van der Waals surface area contributed by atoms with Gasteiger partial charge < -0.3 is 4.89 Å². The van der Waals surface area contributed by atoms with Crippen molar-refractivity contribution >= 4 is 13.7 Å². The molecule has 0 saturated heterocycles. The third-order valence-corrected chi connectivity index (χ3v) is 1.93. The molecule has 0 aromatic heterocycles. The zero-order chi connectivity index (χ0) is 11.2. The van der Waals surface area contributed by atoms with E-state index in [9.17, 15) is 9.36 Å². The summed E-state index contributed by atoms with van der Waals surface area (Å²) in [5.74, 6) is -0.667. The van der Waals surface area contributed by atoms with Crippen molar-refractivity contribution in [3.63, 3.8) is 0 Å². The van der Waals surface area contributed by atoms with Crippen molar-refractivity contribution in [3.8, 4) is 0 Å². The van der Waals surface area contributed by atoms with E-state index in [1.54, 1.807) is 12.4 Å². The van der Waals surface area contributed by atoms with E-state index in [4.69, 9.17) is 4.89 Å². The molecule has 0 radical (unpaired) electrons. The highest BCUT2D eigenvalue weighted by Gasteiger charge is 2.22. The molecular formula is C7H14NO5P. The predicted octanol–water partition coefficient (Wildman–Crippen LogP) is 1.14. The third kappa shape index (κ3) is 5.88. The normalized spacial score (nSPS) is 14.5. The summed E-state index contributed by atoms with van der Waals surface area (Å²) in [6.45, 7) is 6.60. The first-order valence-corrected chi connectivity index (χ1v) is 5.50. The Labute approximate surface area is 82.5 Å². The number of phosphoric ester groups is 1. The van der Waals surface area contributed by atoms with E-state index in [1.807, 2.05) is 0 Å². The summed E-state index contributed by atoms with van der Waals surface area (Å²) < 4.78 is 19.6. The maximum atomic E-state index is 11.0. The Morgan fingerprint density at radius 1 is 1.64 bits per heavy atom. The molecule has 0 aromatic carbocycles. The highest BCUT2D eigenvalue weighted by molar-refractivity contribution is 7.47. The molecule has 0 aliphatic carbocycles. The zero-order valence-corrected chi connectivity index (χ0v) is 9.04. The van der Waals surface area contributed by atoms with Gasteiger partial charge in [0.1, 0.15) is 0 Å². The van der Waals surface area contributed by atoms with Crippen LogP contribution in [0.1, 0.15) is 20.3 Å². The van der Waals surface area contributed by atoms with Crippen LogP contribution in [-0.4, -0.2) is 17.4 Å². The summed E-state index contributed by atoms with van der Waals surface area (Å²) in [7, 11) is -4.18. The number of hydrogen-bond donors (Lipinski definition) is 2. The van der Waals surface area contributed by atoms with Crippen molar-refractivity contribution in [1.29, 1.82) is 0 Å². The lowest BCUT2D eigenvalue weighted by molar-refractivity contribution is -0.124. The second-order valence-corrected chi connectivity index (χ2v) is 3.98. The monoisotopic (exact) mass is 223 g/mol. The molecule has 0 heterocycles. The minimum Gasteiger partial charge on any atom is -0.301 e. The highest BCUT2D eigenvalue weighted by Crippen LogP contribution is 2.41. The Hall–Kier alpha value is -0.680. The first-order chi connectivity index (χ1) is 6.39. The van der Waals surface area contributed by atoms with Crippen molar-refractivity contribution in [2.45, 2.75) is 20.3 Å². The summed E-state index contributed by atoms with van der Waals surface area (Å²) in [4.78, 5) is 19.8. The van der Waals surface area contributed by atoms with E-state index < -0.39 is 13.7 Å². The van der Waals surface area contributed by atoms with Crippen molar-refractivity contribution in [1.82, 2.24) is 5.48 Å². The van der Waals surface area contributed by atoms with Crippen LogP contribution < -0.4 is 5.48 Å². The minimum absolute atomic E-state index is 0.0801. The molecule has 7 heteroatoms. The lowest BCUT2D eigenvalue weighted by Crippen LogP contribution is -2.23. The van der Waals surface area contributed by atoms with Gasteiger partial charge in [-0.15, -0.1) is 0 Å². The summed E-state index contributed by atoms with van der Waals surface area (Å²) in [6, 6.07) is 0. The lowest BCUT2D eigenvalue weighted by Gasteiger charge is -2.11. The zero-order valence-electron chi connectivity index (χ0n) is 8.15. The molecule has 1 atom stereocenters. The topological polar surface area (TPSA) is 84.9 Å². The largest absolute Gasteiger partial charge is 0.493 e. The first kappa shape index (κ1) is 13.3. The molecule has 0 aliphatic rings. The van der Waals surface area contributed by atoms with E-state index in [-0.39, 0.29) is 12.2 Å². The molecule has 0 saturated carbocycles. The Balaban J connectivity index is 3.93. The predicted molar refractivity (Wildman–Crippen MR) is 50.1 cm³/mol. The molecule has 82 valence electrons. The van der Waals surface area contributed by atoms with Gasteiger partial charge in [-0.3, -0.25) is 9.32 Å². The fourth-order valence-electron chi connectivity index (χ4n) is 0.419. The summed E-state index contributed by atoms with van der Waals surface area (Å²) in [5, 5.41) is 0. The Morgan fingerprint density at radius 2 is 2.21 bits per heavy atom. The average molecular weight is 223 g/mol. The maximum Gasteiger partial charge on any atom is 0.493 e. The van der Waals surface area contributed by atoms with Crippen LogP contribution in [0.25, 0.3) is 0 Å². The van der Waals surface area contributed by atoms with Crippen LogP contribution in [0.2, 0.25) is 0 Å². The number of carbonyl (C=O) groups excluding carboxylic acids is 1. The number of phosphoric acid groups is 1. The number of hydroxylamine groups is 1. The van der Waals surface area contributed by atoms with Gasteiger partial charge in [0, 0.05) is 5.57 Å². The van der Waals surface area contributed by atoms with Gasteiger partial charge in [0.25, 0.3) is 5.91 Å². The molecule has 0 fully saturated rings. The summed E-state index contributed by atoms with van der Waals surface area (Å²) in [5.41, 5.74) is 1.92. The SMILES string of the molecule is C=C(C)C(=O)NOP(=O)(O)OCCC. The molecule has 0 aromatic rings. The van der Waals surface area contributed by atoms with E-state index in [0.29, 0.717) is 6.42 Å². The van der Waals surface area contributed by atoms with Gasteiger partial charge in [-0.25, -0.2) is 10.0 Å². The minimum atomic E-state index is -4.18. The van der Waals surface area contributed by atoms with Crippen LogP contribution in [0.4, 0.5) is 0 Å². The molecule has 1 amide bonds. The quantitative estimate of drug-likeness (QED) is 0.400. The maximum absolute atomic E-state index is 11.0. The van der Waals surface area contributed by atoms with Crippen molar-refractivity contribution in [3.05, 3.63) is 12.2 Å². The number of hydrogen-bond acceptors (Lipinski definition) is 4. The first-order valence-electron chi connectivity index (χ1n) is 4.01. The van der Waals surface area contributed by atoms with Crippen molar-refractivity contribution in [2.75, 3.05) is 6.61 Å². The number of amides is 1. The molecule has 0 rings (SSSR count). The van der Waals surface area contributed by atoms with E-state index in [1.165, 1.54) is 6.92 Å². The fourth-order valence-corrected chi connectivity index (χ4v) is 1.08. The molecular weight excluding hydrogens is 209 g/mol. The van der Waals surface area contributed by atoms with Gasteiger partial charge >= 0.3 is 7.82 Å². The number of nitrogens with one attached hydrogen (secondary N) is 1.